The minimum atomic E-state index is -1.34. The van der Waals surface area contributed by atoms with E-state index in [2.05, 4.69) is 6.58 Å². The van der Waals surface area contributed by atoms with Crippen molar-refractivity contribution >= 4 is 23.3 Å². The number of carboxylic acid groups (broad SMARTS) is 1. The fourth-order valence-corrected chi connectivity index (χ4v) is 2.29. The Morgan fingerprint density at radius 3 is 2.78 bits per heavy atom. The number of rotatable bonds is 6. The summed E-state index contributed by atoms with van der Waals surface area (Å²) in [6.45, 7) is 3.66. The number of benzene rings is 1. The van der Waals surface area contributed by atoms with Gasteiger partial charge in [-0.05, 0) is 24.1 Å². The van der Waals surface area contributed by atoms with E-state index in [-0.39, 0.29) is 36.4 Å². The van der Waals surface area contributed by atoms with Gasteiger partial charge in [-0.25, -0.2) is 4.79 Å². The third kappa shape index (κ3) is 3.39. The topological polar surface area (TPSA) is 111 Å². The van der Waals surface area contributed by atoms with E-state index in [0.29, 0.717) is 17.2 Å². The maximum absolute atomic E-state index is 11.7. The van der Waals surface area contributed by atoms with Gasteiger partial charge in [0, 0.05) is 24.5 Å². The molecule has 0 atom stereocenters. The van der Waals surface area contributed by atoms with Crippen molar-refractivity contribution in [2.45, 2.75) is 6.42 Å². The van der Waals surface area contributed by atoms with Gasteiger partial charge < -0.3 is 24.3 Å². The van der Waals surface area contributed by atoms with Crippen LogP contribution in [0.1, 0.15) is 15.9 Å². The predicted molar refractivity (Wildman–Crippen MR) is 80.4 cm³/mol. The van der Waals surface area contributed by atoms with E-state index in [1.54, 1.807) is 0 Å². The summed E-state index contributed by atoms with van der Waals surface area (Å²) in [6, 6.07) is 4.05. The molecule has 2 aromatic rings. The van der Waals surface area contributed by atoms with Gasteiger partial charge in [0.15, 0.2) is 11.9 Å². The van der Waals surface area contributed by atoms with Gasteiger partial charge in [-0.15, -0.1) is 6.58 Å². The summed E-state index contributed by atoms with van der Waals surface area (Å²) < 4.78 is 5.00. The second-order valence-corrected chi connectivity index (χ2v) is 4.83. The highest BCUT2D eigenvalue weighted by atomic mass is 16.4. The van der Waals surface area contributed by atoms with Crippen LogP contribution < -0.4 is 10.7 Å². The number of carbonyl (C=O) groups is 2. The van der Waals surface area contributed by atoms with Crippen LogP contribution >= 0.6 is 0 Å². The summed E-state index contributed by atoms with van der Waals surface area (Å²) in [7, 11) is 0. The quantitative estimate of drug-likeness (QED) is 0.477. The molecule has 7 heteroatoms. The molecule has 1 aromatic carbocycles. The molecule has 23 heavy (non-hydrogen) atoms. The fourth-order valence-electron chi connectivity index (χ4n) is 2.29. The molecule has 0 fully saturated rings. The highest BCUT2D eigenvalue weighted by Crippen LogP contribution is 2.27. The van der Waals surface area contributed by atoms with E-state index in [1.807, 2.05) is 0 Å². The number of carbonyl (C=O) groups excluding carboxylic acids is 2. The number of aromatic hydroxyl groups is 1. The van der Waals surface area contributed by atoms with Crippen molar-refractivity contribution in [3.05, 3.63) is 52.4 Å². The number of phenolic OH excluding ortho intramolecular Hbond substituents is 1. The molecule has 0 bridgehead atoms. The van der Waals surface area contributed by atoms with Gasteiger partial charge in [0.2, 0.25) is 0 Å². The molecule has 0 aliphatic carbocycles. The van der Waals surface area contributed by atoms with Gasteiger partial charge in [-0.3, -0.25) is 4.79 Å². The molecule has 0 aliphatic heterocycles. The van der Waals surface area contributed by atoms with Crippen molar-refractivity contribution < 1.29 is 24.2 Å². The predicted octanol–water partition coefficient (Wildman–Crippen LogP) is 0.685. The summed E-state index contributed by atoms with van der Waals surface area (Å²) in [5, 5.41) is 21.1. The third-order valence-corrected chi connectivity index (χ3v) is 3.39. The Hall–Kier alpha value is -3.09. The SMILES string of the molecule is C=CCN(CCc1cc(=O)oc2c(C=O)c(O)ccc12)C(=O)[O-]. The van der Waals surface area contributed by atoms with Crippen LogP contribution in [-0.2, 0) is 6.42 Å². The monoisotopic (exact) mass is 316 g/mol. The average Bonchev–Trinajstić information content (AvgIpc) is 2.50. The Morgan fingerprint density at radius 2 is 2.17 bits per heavy atom. The fraction of sp³-hybridized carbons (Fsp3) is 0.188. The van der Waals surface area contributed by atoms with Crippen molar-refractivity contribution in [1.82, 2.24) is 4.90 Å². The Bertz CT molecular complexity index is 823. The maximum Gasteiger partial charge on any atom is 0.336 e. The molecule has 0 saturated carbocycles. The molecule has 1 heterocycles. The normalized spacial score (nSPS) is 10.4. The molecule has 0 aliphatic rings. The van der Waals surface area contributed by atoms with Gasteiger partial charge in [-0.1, -0.05) is 6.08 Å². The van der Waals surface area contributed by atoms with Crippen LogP contribution in [-0.4, -0.2) is 35.5 Å². The minimum absolute atomic E-state index is 0.0220. The van der Waals surface area contributed by atoms with Crippen molar-refractivity contribution in [3.63, 3.8) is 0 Å². The number of nitrogens with zero attached hydrogens (tertiary/aromatic N) is 1. The highest BCUT2D eigenvalue weighted by Gasteiger charge is 2.14. The lowest BCUT2D eigenvalue weighted by Crippen LogP contribution is -2.42. The number of aldehydes is 1. The van der Waals surface area contributed by atoms with E-state index in [4.69, 9.17) is 4.42 Å². The Morgan fingerprint density at radius 1 is 1.43 bits per heavy atom. The van der Waals surface area contributed by atoms with Crippen LogP contribution in [0.3, 0.4) is 0 Å². The first-order chi connectivity index (χ1) is 11.0. The number of fused-ring (bicyclic) bond motifs is 1. The third-order valence-electron chi connectivity index (χ3n) is 3.39. The van der Waals surface area contributed by atoms with E-state index < -0.39 is 11.7 Å². The highest BCUT2D eigenvalue weighted by molar-refractivity contribution is 5.98. The summed E-state index contributed by atoms with van der Waals surface area (Å²) in [5.41, 5.74) is -0.324. The zero-order chi connectivity index (χ0) is 17.0. The number of hydrogen-bond acceptors (Lipinski definition) is 6. The molecule has 1 amide bonds. The number of phenols is 1. The van der Waals surface area contributed by atoms with Crippen LogP contribution in [0.2, 0.25) is 0 Å². The van der Waals surface area contributed by atoms with Gasteiger partial charge in [0.05, 0.1) is 5.56 Å². The summed E-state index contributed by atoms with van der Waals surface area (Å²) in [6.07, 6.45) is 0.696. The average molecular weight is 316 g/mol. The van der Waals surface area contributed by atoms with E-state index in [0.717, 1.165) is 4.90 Å². The minimum Gasteiger partial charge on any atom is -0.530 e. The van der Waals surface area contributed by atoms with Crippen molar-refractivity contribution in [2.75, 3.05) is 13.1 Å². The lowest BCUT2D eigenvalue weighted by Gasteiger charge is -2.23. The molecule has 7 nitrogen and oxygen atoms in total. The van der Waals surface area contributed by atoms with Gasteiger partial charge in [0.25, 0.3) is 0 Å². The zero-order valence-electron chi connectivity index (χ0n) is 12.2. The summed E-state index contributed by atoms with van der Waals surface area (Å²) in [4.78, 5) is 34.8. The first-order valence-corrected chi connectivity index (χ1v) is 6.78. The Kier molecular flexibility index (Phi) is 4.80. The van der Waals surface area contributed by atoms with Crippen molar-refractivity contribution in [1.29, 1.82) is 0 Å². The molecule has 2 rings (SSSR count). The van der Waals surface area contributed by atoms with E-state index in [9.17, 15) is 24.6 Å². The van der Waals surface area contributed by atoms with Gasteiger partial charge in [-0.2, -0.15) is 0 Å². The Balaban J connectivity index is 2.45. The van der Waals surface area contributed by atoms with Gasteiger partial charge in [0.1, 0.15) is 11.8 Å². The second-order valence-electron chi connectivity index (χ2n) is 4.83. The van der Waals surface area contributed by atoms with Crippen LogP contribution in [0, 0.1) is 0 Å². The molecular weight excluding hydrogens is 302 g/mol. The van der Waals surface area contributed by atoms with Crippen molar-refractivity contribution in [2.24, 2.45) is 0 Å². The van der Waals surface area contributed by atoms with Crippen LogP contribution in [0.4, 0.5) is 4.79 Å². The zero-order valence-corrected chi connectivity index (χ0v) is 12.2. The van der Waals surface area contributed by atoms with Crippen LogP contribution in [0.25, 0.3) is 11.0 Å². The van der Waals surface area contributed by atoms with Gasteiger partial charge >= 0.3 is 5.63 Å². The number of hydrogen-bond donors (Lipinski definition) is 1. The molecule has 1 N–H and O–H groups in total. The van der Waals surface area contributed by atoms with E-state index >= 15 is 0 Å². The lowest BCUT2D eigenvalue weighted by molar-refractivity contribution is -0.264. The maximum atomic E-state index is 11.7. The molecule has 0 radical (unpaired) electrons. The lowest BCUT2D eigenvalue weighted by atomic mass is 10.0. The largest absolute Gasteiger partial charge is 0.530 e. The number of amides is 1. The standard InChI is InChI=1S/C16H15NO6/c1-2-6-17(16(21)22)7-5-10-8-14(20)23-15-11(10)3-4-13(19)12(15)9-18/h2-4,8-9,19H,1,5-7H2,(H,21,22)/p-1. The molecule has 0 saturated heterocycles. The van der Waals surface area contributed by atoms with Crippen molar-refractivity contribution in [3.8, 4) is 5.75 Å². The first-order valence-electron chi connectivity index (χ1n) is 6.78. The molecular formula is C16H14NO6-. The molecule has 120 valence electrons. The van der Waals surface area contributed by atoms with Crippen LogP contribution in [0.5, 0.6) is 5.75 Å². The van der Waals surface area contributed by atoms with Crippen LogP contribution in [0.15, 0.2) is 40.1 Å². The first kappa shape index (κ1) is 16.3. The van der Waals surface area contributed by atoms with E-state index in [1.165, 1.54) is 24.3 Å². The Labute approximate surface area is 131 Å². The summed E-state index contributed by atoms with van der Waals surface area (Å²) >= 11 is 0. The molecule has 1 aromatic heterocycles. The smallest absolute Gasteiger partial charge is 0.336 e. The summed E-state index contributed by atoms with van der Waals surface area (Å²) in [5.74, 6) is -0.296. The molecule has 0 spiro atoms. The second kappa shape index (κ2) is 6.78. The molecule has 0 unspecified atom stereocenters.